The van der Waals surface area contributed by atoms with Gasteiger partial charge in [-0.25, -0.2) is 4.79 Å². The van der Waals surface area contributed by atoms with Gasteiger partial charge in [0, 0.05) is 23.5 Å². The summed E-state index contributed by atoms with van der Waals surface area (Å²) >= 11 is 4.83. The molecule has 0 atom stereocenters. The molecule has 0 unspecified atom stereocenters. The summed E-state index contributed by atoms with van der Waals surface area (Å²) in [6, 6.07) is 7.85. The number of nitrogens with one attached hydrogen (secondary N) is 2. The number of hydrogen-bond acceptors (Lipinski definition) is 4. The minimum Gasteiger partial charge on any atom is -0.389 e. The highest BCUT2D eigenvalue weighted by Crippen LogP contribution is 2.09. The van der Waals surface area contributed by atoms with Crippen LogP contribution in [0.5, 0.6) is 0 Å². The van der Waals surface area contributed by atoms with Gasteiger partial charge in [0.25, 0.3) is 5.56 Å². The zero-order valence-corrected chi connectivity index (χ0v) is 11.6. The van der Waals surface area contributed by atoms with Crippen LogP contribution < -0.4 is 22.3 Å². The zero-order chi connectivity index (χ0) is 15.4. The predicted molar refractivity (Wildman–Crippen MR) is 82.3 cm³/mol. The third kappa shape index (κ3) is 3.86. The molecule has 0 aliphatic rings. The summed E-state index contributed by atoms with van der Waals surface area (Å²) in [7, 11) is 0. The van der Waals surface area contributed by atoms with Gasteiger partial charge in [0.05, 0.1) is 0 Å². The summed E-state index contributed by atoms with van der Waals surface area (Å²) in [5.41, 5.74) is 5.57. The molecule has 0 saturated heterocycles. The van der Waals surface area contributed by atoms with Crippen molar-refractivity contribution in [3.8, 4) is 0 Å². The number of nitrogens with two attached hydrogens (primary N) is 1. The van der Waals surface area contributed by atoms with E-state index in [0.29, 0.717) is 11.3 Å². The molecule has 0 aliphatic heterocycles. The van der Waals surface area contributed by atoms with Gasteiger partial charge in [-0.1, -0.05) is 12.2 Å². The van der Waals surface area contributed by atoms with Crippen molar-refractivity contribution in [3.05, 3.63) is 62.9 Å². The van der Waals surface area contributed by atoms with Gasteiger partial charge in [-0.05, 0) is 24.3 Å². The number of thiocarbonyl (C=S) groups is 1. The Morgan fingerprint density at radius 3 is 2.48 bits per heavy atom. The van der Waals surface area contributed by atoms with Crippen LogP contribution in [0.1, 0.15) is 5.56 Å². The third-order valence-electron chi connectivity index (χ3n) is 2.66. The normalized spacial score (nSPS) is 10.1. The van der Waals surface area contributed by atoms with Crippen molar-refractivity contribution in [3.63, 3.8) is 0 Å². The van der Waals surface area contributed by atoms with Crippen molar-refractivity contribution >= 4 is 28.8 Å². The number of carbonyl (C=O) groups excluding carboxylic acids is 1. The quantitative estimate of drug-likeness (QED) is 0.678. The van der Waals surface area contributed by atoms with Crippen LogP contribution in [0.2, 0.25) is 0 Å². The lowest BCUT2D eigenvalue weighted by atomic mass is 10.2. The summed E-state index contributed by atoms with van der Waals surface area (Å²) in [5.74, 6) is -0.396. The Hall–Kier alpha value is -2.74. The summed E-state index contributed by atoms with van der Waals surface area (Å²) in [6.45, 7) is -0.202. The van der Waals surface area contributed by atoms with Crippen LogP contribution in [-0.2, 0) is 11.3 Å². The van der Waals surface area contributed by atoms with Crippen molar-refractivity contribution in [2.45, 2.75) is 6.54 Å². The maximum Gasteiger partial charge on any atom is 0.328 e. The molecule has 2 aromatic rings. The molecule has 0 spiro atoms. The Morgan fingerprint density at radius 1 is 1.24 bits per heavy atom. The van der Waals surface area contributed by atoms with E-state index >= 15 is 0 Å². The van der Waals surface area contributed by atoms with Crippen LogP contribution in [-0.4, -0.2) is 20.4 Å². The van der Waals surface area contributed by atoms with Crippen molar-refractivity contribution in [2.24, 2.45) is 5.73 Å². The summed E-state index contributed by atoms with van der Waals surface area (Å²) in [6.07, 6.45) is 1.26. The lowest BCUT2D eigenvalue weighted by Gasteiger charge is -2.07. The molecule has 1 aromatic carbocycles. The molecule has 0 fully saturated rings. The Labute approximate surface area is 124 Å². The first-order valence-corrected chi connectivity index (χ1v) is 6.36. The second-order valence-corrected chi connectivity index (χ2v) is 4.67. The molecule has 4 N–H and O–H groups in total. The van der Waals surface area contributed by atoms with Crippen LogP contribution in [0, 0.1) is 0 Å². The van der Waals surface area contributed by atoms with Crippen LogP contribution in [0.3, 0.4) is 0 Å². The van der Waals surface area contributed by atoms with Gasteiger partial charge in [0.1, 0.15) is 11.5 Å². The fraction of sp³-hybridized carbons (Fsp3) is 0.0769. The fourth-order valence-corrected chi connectivity index (χ4v) is 1.78. The zero-order valence-electron chi connectivity index (χ0n) is 10.8. The van der Waals surface area contributed by atoms with Gasteiger partial charge in [-0.15, -0.1) is 0 Å². The van der Waals surface area contributed by atoms with Crippen molar-refractivity contribution in [2.75, 3.05) is 5.32 Å². The SMILES string of the molecule is NC(=S)c1ccc(NC(=O)Cn2ccc(=O)[nH]c2=O)cc1. The van der Waals surface area contributed by atoms with Gasteiger partial charge in [-0.2, -0.15) is 0 Å². The molecule has 0 radical (unpaired) electrons. The molecule has 8 heteroatoms. The van der Waals surface area contributed by atoms with Gasteiger partial charge >= 0.3 is 5.69 Å². The second-order valence-electron chi connectivity index (χ2n) is 4.23. The molecule has 1 aromatic heterocycles. The molecule has 0 bridgehead atoms. The summed E-state index contributed by atoms with van der Waals surface area (Å²) in [4.78, 5) is 36.5. The number of nitrogens with zero attached hydrogens (tertiary/aromatic N) is 1. The van der Waals surface area contributed by atoms with Crippen molar-refractivity contribution in [1.29, 1.82) is 0 Å². The number of anilines is 1. The van der Waals surface area contributed by atoms with E-state index in [-0.39, 0.29) is 11.5 Å². The Balaban J connectivity index is 2.06. The average Bonchev–Trinajstić information content (AvgIpc) is 2.42. The van der Waals surface area contributed by atoms with Gasteiger partial charge in [0.2, 0.25) is 5.91 Å². The van der Waals surface area contributed by atoms with E-state index < -0.39 is 17.2 Å². The number of carbonyl (C=O) groups is 1. The average molecular weight is 304 g/mol. The van der Waals surface area contributed by atoms with E-state index in [1.165, 1.54) is 12.3 Å². The number of H-pyrrole nitrogens is 1. The Kier molecular flexibility index (Phi) is 4.29. The summed E-state index contributed by atoms with van der Waals surface area (Å²) in [5, 5.41) is 2.62. The number of rotatable bonds is 4. The number of aromatic amines is 1. The van der Waals surface area contributed by atoms with Crippen LogP contribution in [0.15, 0.2) is 46.1 Å². The number of amides is 1. The van der Waals surface area contributed by atoms with E-state index in [1.54, 1.807) is 24.3 Å². The number of hydrogen-bond donors (Lipinski definition) is 3. The Bertz CT molecular complexity index is 792. The smallest absolute Gasteiger partial charge is 0.328 e. The van der Waals surface area contributed by atoms with Crippen LogP contribution >= 0.6 is 12.2 Å². The lowest BCUT2D eigenvalue weighted by molar-refractivity contribution is -0.116. The van der Waals surface area contributed by atoms with E-state index in [0.717, 1.165) is 4.57 Å². The molecule has 108 valence electrons. The highest BCUT2D eigenvalue weighted by molar-refractivity contribution is 7.80. The maximum atomic E-state index is 11.8. The van der Waals surface area contributed by atoms with E-state index in [2.05, 4.69) is 10.3 Å². The highest BCUT2D eigenvalue weighted by Gasteiger charge is 2.06. The molecule has 0 aliphatic carbocycles. The number of benzene rings is 1. The molecular weight excluding hydrogens is 292 g/mol. The Morgan fingerprint density at radius 2 is 1.90 bits per heavy atom. The third-order valence-corrected chi connectivity index (χ3v) is 2.90. The summed E-state index contributed by atoms with van der Waals surface area (Å²) < 4.78 is 1.10. The minimum absolute atomic E-state index is 0.202. The highest BCUT2D eigenvalue weighted by atomic mass is 32.1. The topological polar surface area (TPSA) is 110 Å². The second kappa shape index (κ2) is 6.14. The minimum atomic E-state index is -0.638. The van der Waals surface area contributed by atoms with Crippen LogP contribution in [0.4, 0.5) is 5.69 Å². The largest absolute Gasteiger partial charge is 0.389 e. The monoisotopic (exact) mass is 304 g/mol. The molecular formula is C13H12N4O3S. The van der Waals surface area contributed by atoms with Gasteiger partial charge in [-0.3, -0.25) is 19.1 Å². The van der Waals surface area contributed by atoms with E-state index in [9.17, 15) is 14.4 Å². The first-order valence-electron chi connectivity index (χ1n) is 5.95. The molecule has 7 nitrogen and oxygen atoms in total. The lowest BCUT2D eigenvalue weighted by Crippen LogP contribution is -2.32. The van der Waals surface area contributed by atoms with Crippen molar-refractivity contribution in [1.82, 2.24) is 9.55 Å². The van der Waals surface area contributed by atoms with E-state index in [4.69, 9.17) is 18.0 Å². The maximum absolute atomic E-state index is 11.8. The van der Waals surface area contributed by atoms with Gasteiger partial charge < -0.3 is 11.1 Å². The predicted octanol–water partition coefficient (Wildman–Crippen LogP) is -0.191. The van der Waals surface area contributed by atoms with Crippen molar-refractivity contribution < 1.29 is 4.79 Å². The fourth-order valence-electron chi connectivity index (χ4n) is 1.64. The van der Waals surface area contributed by atoms with Gasteiger partial charge in [0.15, 0.2) is 0 Å². The molecule has 1 amide bonds. The first kappa shape index (κ1) is 14.7. The number of aromatic nitrogens is 2. The molecule has 0 saturated carbocycles. The van der Waals surface area contributed by atoms with Crippen LogP contribution in [0.25, 0.3) is 0 Å². The molecule has 1 heterocycles. The molecule has 21 heavy (non-hydrogen) atoms. The van der Waals surface area contributed by atoms with E-state index in [1.807, 2.05) is 0 Å². The molecule has 2 rings (SSSR count). The standard InChI is InChI=1S/C13H12N4O3S/c14-12(21)8-1-3-9(4-2-8)15-11(19)7-17-6-5-10(18)16-13(17)20/h1-6H,7H2,(H2,14,21)(H,15,19)(H,16,18,20). The first-order chi connectivity index (χ1) is 9.95.